The lowest BCUT2D eigenvalue weighted by molar-refractivity contribution is -0.192. The molecule has 1 atom stereocenters. The van der Waals surface area contributed by atoms with E-state index >= 15 is 0 Å². The second-order valence-electron chi connectivity index (χ2n) is 7.61. The van der Waals surface area contributed by atoms with Crippen LogP contribution in [0, 0.1) is 5.41 Å². The highest BCUT2D eigenvalue weighted by Gasteiger charge is 2.41. The topological polar surface area (TPSA) is 56.7 Å². The summed E-state index contributed by atoms with van der Waals surface area (Å²) in [6.45, 7) is 5.93. The summed E-state index contributed by atoms with van der Waals surface area (Å²) < 4.78 is 31.7. The zero-order chi connectivity index (χ0) is 20.9. The van der Waals surface area contributed by atoms with Crippen molar-refractivity contribution in [3.8, 4) is 0 Å². The Bertz CT molecular complexity index is 786. The number of likely N-dealkylation sites (tertiary alicyclic amines) is 1. The number of carboxylic acid groups (broad SMARTS) is 1. The van der Waals surface area contributed by atoms with Crippen molar-refractivity contribution >= 4 is 23.1 Å². The second-order valence-corrected chi connectivity index (χ2v) is 8.39. The van der Waals surface area contributed by atoms with Crippen LogP contribution in [0.3, 0.4) is 0 Å². The molecule has 2 saturated heterocycles. The fraction of sp³-hybridized carbons (Fsp3) is 0.500. The van der Waals surface area contributed by atoms with Crippen LogP contribution in [-0.4, -0.2) is 53.3 Å². The highest BCUT2D eigenvalue weighted by molar-refractivity contribution is 7.07. The molecule has 0 amide bonds. The number of halogens is 3. The van der Waals surface area contributed by atoms with Crippen LogP contribution in [-0.2, 0) is 11.3 Å². The van der Waals surface area contributed by atoms with Crippen molar-refractivity contribution < 1.29 is 23.1 Å². The van der Waals surface area contributed by atoms with Gasteiger partial charge in [0.2, 0.25) is 0 Å². The predicted molar refractivity (Wildman–Crippen MR) is 106 cm³/mol. The van der Waals surface area contributed by atoms with Crippen molar-refractivity contribution in [1.82, 2.24) is 9.88 Å². The SMILES string of the molecule is O=C(O)C(F)(F)F.c1ccc(N2CCCC3(CCN(Cc4ccsc4)C3)C2)nc1. The van der Waals surface area contributed by atoms with Gasteiger partial charge in [0.05, 0.1) is 0 Å². The van der Waals surface area contributed by atoms with Gasteiger partial charge in [-0.3, -0.25) is 4.90 Å². The quantitative estimate of drug-likeness (QED) is 0.793. The fourth-order valence-corrected chi connectivity index (χ4v) is 4.74. The lowest BCUT2D eigenvalue weighted by atomic mass is 9.79. The maximum Gasteiger partial charge on any atom is 0.490 e. The van der Waals surface area contributed by atoms with Crippen LogP contribution in [0.25, 0.3) is 0 Å². The molecule has 1 unspecified atom stereocenters. The number of hydrogen-bond donors (Lipinski definition) is 1. The summed E-state index contributed by atoms with van der Waals surface area (Å²) in [7, 11) is 0. The molecule has 1 spiro atoms. The first-order valence-electron chi connectivity index (χ1n) is 9.47. The number of carbonyl (C=O) groups is 1. The van der Waals surface area contributed by atoms with Gasteiger partial charge < -0.3 is 10.0 Å². The second kappa shape index (κ2) is 9.13. The van der Waals surface area contributed by atoms with Crippen molar-refractivity contribution in [1.29, 1.82) is 0 Å². The van der Waals surface area contributed by atoms with E-state index in [4.69, 9.17) is 9.90 Å². The van der Waals surface area contributed by atoms with Gasteiger partial charge in [0.15, 0.2) is 0 Å². The summed E-state index contributed by atoms with van der Waals surface area (Å²) in [5.74, 6) is -1.61. The van der Waals surface area contributed by atoms with Crippen molar-refractivity contribution in [2.45, 2.75) is 32.0 Å². The molecule has 0 saturated carbocycles. The van der Waals surface area contributed by atoms with Crippen molar-refractivity contribution in [3.63, 3.8) is 0 Å². The molecule has 2 aromatic heterocycles. The molecule has 9 heteroatoms. The van der Waals surface area contributed by atoms with E-state index in [1.165, 1.54) is 44.5 Å². The van der Waals surface area contributed by atoms with E-state index in [9.17, 15) is 13.2 Å². The van der Waals surface area contributed by atoms with E-state index in [0.717, 1.165) is 18.9 Å². The molecule has 158 valence electrons. The summed E-state index contributed by atoms with van der Waals surface area (Å²) in [5, 5.41) is 11.6. The number of aliphatic carboxylic acids is 1. The third kappa shape index (κ3) is 5.93. The van der Waals surface area contributed by atoms with Gasteiger partial charge in [-0.2, -0.15) is 24.5 Å². The number of rotatable bonds is 3. The van der Waals surface area contributed by atoms with E-state index in [0.29, 0.717) is 5.41 Å². The molecule has 1 N–H and O–H groups in total. The standard InChI is InChI=1S/C18H23N3S.C2HF3O2/c1-2-8-19-17(4-1)21-9-3-6-18(15-21)7-10-20(14-18)12-16-5-11-22-13-16;3-2(4,5)1(6)7/h1-2,4-5,8,11,13H,3,6-7,9-10,12,14-15H2;(H,6,7). The van der Waals surface area contributed by atoms with Gasteiger partial charge in [-0.15, -0.1) is 0 Å². The van der Waals surface area contributed by atoms with Gasteiger partial charge in [-0.1, -0.05) is 6.07 Å². The number of aromatic nitrogens is 1. The first kappa shape index (κ1) is 21.6. The molecular weight excluding hydrogens is 403 g/mol. The van der Waals surface area contributed by atoms with Gasteiger partial charge in [0.1, 0.15) is 5.82 Å². The van der Waals surface area contributed by atoms with Gasteiger partial charge in [0.25, 0.3) is 0 Å². The van der Waals surface area contributed by atoms with Gasteiger partial charge in [0, 0.05) is 37.8 Å². The lowest BCUT2D eigenvalue weighted by Gasteiger charge is -2.41. The number of hydrogen-bond acceptors (Lipinski definition) is 5. The average molecular weight is 427 g/mol. The third-order valence-electron chi connectivity index (χ3n) is 5.38. The molecular formula is C20H24F3N3O2S. The number of alkyl halides is 3. The molecule has 0 bridgehead atoms. The highest BCUT2D eigenvalue weighted by Crippen LogP contribution is 2.40. The highest BCUT2D eigenvalue weighted by atomic mass is 32.1. The van der Waals surface area contributed by atoms with Crippen LogP contribution in [0.15, 0.2) is 41.2 Å². The largest absolute Gasteiger partial charge is 0.490 e. The van der Waals surface area contributed by atoms with Crippen LogP contribution >= 0.6 is 11.3 Å². The van der Waals surface area contributed by atoms with Crippen molar-refractivity contribution in [2.24, 2.45) is 5.41 Å². The molecule has 29 heavy (non-hydrogen) atoms. The summed E-state index contributed by atoms with van der Waals surface area (Å²) in [6, 6.07) is 8.51. The molecule has 2 aromatic rings. The first-order valence-corrected chi connectivity index (χ1v) is 10.4. The zero-order valence-electron chi connectivity index (χ0n) is 15.9. The van der Waals surface area contributed by atoms with E-state index < -0.39 is 12.1 Å². The van der Waals surface area contributed by atoms with E-state index in [-0.39, 0.29) is 0 Å². The average Bonchev–Trinajstić information content (AvgIpc) is 3.33. The van der Waals surface area contributed by atoms with Crippen molar-refractivity contribution in [3.05, 3.63) is 46.8 Å². The van der Waals surface area contributed by atoms with Crippen molar-refractivity contribution in [2.75, 3.05) is 31.1 Å². The third-order valence-corrected chi connectivity index (χ3v) is 6.11. The monoisotopic (exact) mass is 427 g/mol. The Kier molecular flexibility index (Phi) is 6.79. The van der Waals surface area contributed by atoms with Crippen LogP contribution in [0.1, 0.15) is 24.8 Å². The maximum absolute atomic E-state index is 10.6. The number of anilines is 1. The Morgan fingerprint density at radius 2 is 2.00 bits per heavy atom. The van der Waals surface area contributed by atoms with Gasteiger partial charge in [-0.05, 0) is 60.3 Å². The lowest BCUT2D eigenvalue weighted by Crippen LogP contribution is -2.45. The number of nitrogens with zero attached hydrogens (tertiary/aromatic N) is 3. The Morgan fingerprint density at radius 3 is 2.62 bits per heavy atom. The Morgan fingerprint density at radius 1 is 1.21 bits per heavy atom. The molecule has 0 radical (unpaired) electrons. The Labute approximate surface area is 171 Å². The molecule has 0 aromatic carbocycles. The number of thiophene rings is 1. The maximum atomic E-state index is 10.6. The van der Waals surface area contributed by atoms with Crippen LogP contribution in [0.5, 0.6) is 0 Å². The summed E-state index contributed by atoms with van der Waals surface area (Å²) in [6.07, 6.45) is 0.827. The summed E-state index contributed by atoms with van der Waals surface area (Å²) in [4.78, 5) is 18.6. The van der Waals surface area contributed by atoms with Crippen LogP contribution in [0.4, 0.5) is 19.0 Å². The molecule has 5 nitrogen and oxygen atoms in total. The number of piperidine rings is 1. The predicted octanol–water partition coefficient (Wildman–Crippen LogP) is 4.27. The molecule has 2 fully saturated rings. The Balaban J connectivity index is 0.000000298. The molecule has 2 aliphatic heterocycles. The first-order chi connectivity index (χ1) is 13.8. The van der Waals surface area contributed by atoms with Crippen LogP contribution < -0.4 is 4.90 Å². The zero-order valence-corrected chi connectivity index (χ0v) is 16.8. The Hall–Kier alpha value is -2.13. The number of carboxylic acids is 1. The molecule has 4 heterocycles. The minimum absolute atomic E-state index is 0.478. The van der Waals surface area contributed by atoms with E-state index in [1.54, 1.807) is 11.3 Å². The van der Waals surface area contributed by atoms with Crippen LogP contribution in [0.2, 0.25) is 0 Å². The molecule has 2 aliphatic rings. The minimum Gasteiger partial charge on any atom is -0.475 e. The molecule has 0 aliphatic carbocycles. The molecule has 4 rings (SSSR count). The summed E-state index contributed by atoms with van der Waals surface area (Å²) in [5.41, 5.74) is 1.95. The number of pyridine rings is 1. The summed E-state index contributed by atoms with van der Waals surface area (Å²) >= 11 is 1.80. The smallest absolute Gasteiger partial charge is 0.475 e. The van der Waals surface area contributed by atoms with E-state index in [1.807, 2.05) is 12.3 Å². The van der Waals surface area contributed by atoms with Gasteiger partial charge in [-0.25, -0.2) is 9.78 Å². The van der Waals surface area contributed by atoms with E-state index in [2.05, 4.69) is 43.7 Å². The van der Waals surface area contributed by atoms with Gasteiger partial charge >= 0.3 is 12.1 Å². The minimum atomic E-state index is -5.08. The normalized spacial score (nSPS) is 22.4. The fourth-order valence-electron chi connectivity index (χ4n) is 4.08.